The van der Waals surface area contributed by atoms with Crippen molar-refractivity contribution in [3.05, 3.63) is 58.7 Å². The van der Waals surface area contributed by atoms with Gasteiger partial charge >= 0.3 is 5.97 Å². The van der Waals surface area contributed by atoms with E-state index in [0.29, 0.717) is 15.9 Å². The number of carbonyl (C=O) groups excluding carboxylic acids is 1. The lowest BCUT2D eigenvalue weighted by atomic mass is 10.2. The summed E-state index contributed by atoms with van der Waals surface area (Å²) in [5, 5.41) is 3.81. The van der Waals surface area contributed by atoms with E-state index >= 15 is 0 Å². The fraction of sp³-hybridized carbons (Fsp3) is 0.176. The molecular weight excluding hydrogens is 452 g/mol. The maximum absolute atomic E-state index is 12.3. The van der Waals surface area contributed by atoms with Crippen LogP contribution in [0.2, 0.25) is 0 Å². The predicted molar refractivity (Wildman–Crippen MR) is 102 cm³/mol. The molecule has 0 fully saturated rings. The van der Waals surface area contributed by atoms with E-state index in [0.717, 1.165) is 4.31 Å². The third-order valence-electron chi connectivity index (χ3n) is 3.64. The number of halogens is 1. The molecule has 0 aliphatic heterocycles. The molecule has 0 unspecified atom stereocenters. The fourth-order valence-electron chi connectivity index (χ4n) is 2.16. The van der Waals surface area contributed by atoms with Gasteiger partial charge in [0.15, 0.2) is 6.61 Å². The van der Waals surface area contributed by atoms with E-state index < -0.39 is 16.0 Å². The quantitative estimate of drug-likeness (QED) is 0.508. The maximum Gasteiger partial charge on any atom is 0.338 e. The van der Waals surface area contributed by atoms with Crippen LogP contribution in [0.15, 0.2) is 56.6 Å². The first kappa shape index (κ1) is 20.1. The van der Waals surface area contributed by atoms with Crippen LogP contribution in [0.5, 0.6) is 0 Å². The van der Waals surface area contributed by atoms with Crippen molar-refractivity contribution in [2.75, 3.05) is 14.1 Å². The van der Waals surface area contributed by atoms with Crippen LogP contribution < -0.4 is 0 Å². The van der Waals surface area contributed by atoms with Gasteiger partial charge in [0.25, 0.3) is 5.89 Å². The van der Waals surface area contributed by atoms with Gasteiger partial charge in [-0.2, -0.15) is 4.98 Å². The van der Waals surface area contributed by atoms with Gasteiger partial charge in [-0.25, -0.2) is 17.5 Å². The molecule has 2 aromatic heterocycles. The zero-order valence-corrected chi connectivity index (χ0v) is 17.3. The molecule has 0 aliphatic rings. The number of hydrogen-bond donors (Lipinski definition) is 0. The highest BCUT2D eigenvalue weighted by atomic mass is 79.9. The minimum atomic E-state index is -3.73. The highest BCUT2D eigenvalue weighted by molar-refractivity contribution is 9.10. The molecule has 3 aromatic rings. The number of hydrogen-bond acceptors (Lipinski definition) is 8. The first-order valence-electron chi connectivity index (χ1n) is 7.91. The van der Waals surface area contributed by atoms with Crippen LogP contribution in [0.3, 0.4) is 0 Å². The number of esters is 1. The monoisotopic (exact) mass is 466 g/mol. The normalized spacial score (nSPS) is 11.6. The molecule has 0 bridgehead atoms. The van der Waals surface area contributed by atoms with Crippen molar-refractivity contribution in [2.24, 2.45) is 0 Å². The van der Waals surface area contributed by atoms with Crippen molar-refractivity contribution in [2.45, 2.75) is 11.5 Å². The van der Waals surface area contributed by atoms with Crippen molar-refractivity contribution in [3.8, 4) is 11.4 Å². The number of sulfonamides is 1. The fourth-order valence-corrected chi connectivity index (χ4v) is 4.01. The highest BCUT2D eigenvalue weighted by Crippen LogP contribution is 2.25. The molecule has 0 saturated heterocycles. The van der Waals surface area contributed by atoms with E-state index in [1.807, 2.05) is 0 Å². The molecule has 28 heavy (non-hydrogen) atoms. The third kappa shape index (κ3) is 4.26. The lowest BCUT2D eigenvalue weighted by Crippen LogP contribution is -2.23. The Hall–Kier alpha value is -2.63. The second-order valence-electron chi connectivity index (χ2n) is 5.76. The predicted octanol–water partition coefficient (Wildman–Crippen LogP) is 2.50. The average Bonchev–Trinajstić information content (AvgIpc) is 3.16. The van der Waals surface area contributed by atoms with Crippen molar-refractivity contribution in [3.63, 3.8) is 0 Å². The molecule has 0 spiro atoms. The van der Waals surface area contributed by atoms with Gasteiger partial charge in [-0.05, 0) is 46.3 Å². The Morgan fingerprint density at radius 2 is 2.07 bits per heavy atom. The summed E-state index contributed by atoms with van der Waals surface area (Å²) in [5.41, 5.74) is 0.742. The summed E-state index contributed by atoms with van der Waals surface area (Å²) < 4.78 is 36.3. The molecular formula is C17H15BrN4O5S. The van der Waals surface area contributed by atoms with Gasteiger partial charge < -0.3 is 9.26 Å². The molecule has 0 aliphatic carbocycles. The molecule has 146 valence electrons. The van der Waals surface area contributed by atoms with Crippen molar-refractivity contribution in [1.29, 1.82) is 0 Å². The van der Waals surface area contributed by atoms with Crippen LogP contribution in [0.4, 0.5) is 0 Å². The maximum atomic E-state index is 12.3. The largest absolute Gasteiger partial charge is 0.452 e. The molecule has 1 aromatic carbocycles. The lowest BCUT2D eigenvalue weighted by molar-refractivity contribution is 0.0429. The summed E-state index contributed by atoms with van der Waals surface area (Å²) in [4.78, 5) is 20.4. The second kappa shape index (κ2) is 8.17. The van der Waals surface area contributed by atoms with Gasteiger partial charge in [0.05, 0.1) is 10.5 Å². The SMILES string of the molecule is CN(C)S(=O)(=O)c1cc(C(=O)OCc2nc(-c3cccnc3)no2)ccc1Br. The molecule has 2 heterocycles. The highest BCUT2D eigenvalue weighted by Gasteiger charge is 2.23. The summed E-state index contributed by atoms with van der Waals surface area (Å²) in [6.45, 7) is -0.252. The van der Waals surface area contributed by atoms with Crippen molar-refractivity contribution in [1.82, 2.24) is 19.4 Å². The number of benzene rings is 1. The Bertz CT molecular complexity index is 1100. The first-order chi connectivity index (χ1) is 13.3. The van der Waals surface area contributed by atoms with E-state index in [9.17, 15) is 13.2 Å². The van der Waals surface area contributed by atoms with E-state index in [4.69, 9.17) is 9.26 Å². The number of nitrogens with zero attached hydrogens (tertiary/aromatic N) is 4. The minimum absolute atomic E-state index is 0.0383. The van der Waals surface area contributed by atoms with Crippen LogP contribution in [0.1, 0.15) is 16.2 Å². The number of rotatable bonds is 6. The van der Waals surface area contributed by atoms with Crippen LogP contribution in [-0.2, 0) is 21.4 Å². The number of ether oxygens (including phenoxy) is 1. The van der Waals surface area contributed by atoms with Gasteiger partial charge in [-0.15, -0.1) is 0 Å². The van der Waals surface area contributed by atoms with Crippen LogP contribution >= 0.6 is 15.9 Å². The Kier molecular flexibility index (Phi) is 5.87. The molecule has 0 N–H and O–H groups in total. The Morgan fingerprint density at radius 3 is 2.75 bits per heavy atom. The standard InChI is InChI=1S/C17H15BrN4O5S/c1-22(2)28(24,25)14-8-11(5-6-13(14)18)17(23)26-10-15-20-16(21-27-15)12-4-3-7-19-9-12/h3-9H,10H2,1-2H3. The van der Waals surface area contributed by atoms with E-state index in [2.05, 4.69) is 31.1 Å². The van der Waals surface area contributed by atoms with Crippen LogP contribution in [-0.4, -0.2) is 47.9 Å². The molecule has 0 atom stereocenters. The first-order valence-corrected chi connectivity index (χ1v) is 10.1. The minimum Gasteiger partial charge on any atom is -0.452 e. The Morgan fingerprint density at radius 1 is 1.29 bits per heavy atom. The third-order valence-corrected chi connectivity index (χ3v) is 6.45. The zero-order chi connectivity index (χ0) is 20.3. The van der Waals surface area contributed by atoms with Crippen LogP contribution in [0, 0.1) is 0 Å². The summed E-state index contributed by atoms with van der Waals surface area (Å²) in [7, 11) is -0.916. The van der Waals surface area contributed by atoms with Gasteiger partial charge in [0.1, 0.15) is 0 Å². The summed E-state index contributed by atoms with van der Waals surface area (Å²) in [6.07, 6.45) is 3.20. The second-order valence-corrected chi connectivity index (χ2v) is 8.74. The number of aromatic nitrogens is 3. The molecule has 0 saturated carbocycles. The van der Waals surface area contributed by atoms with Gasteiger partial charge in [0.2, 0.25) is 15.8 Å². The van der Waals surface area contributed by atoms with Gasteiger partial charge in [0, 0.05) is 36.5 Å². The van der Waals surface area contributed by atoms with E-state index in [-0.39, 0.29) is 23.0 Å². The summed E-state index contributed by atoms with van der Waals surface area (Å²) in [5.74, 6) is -0.295. The summed E-state index contributed by atoms with van der Waals surface area (Å²) >= 11 is 3.19. The average molecular weight is 467 g/mol. The molecule has 9 nitrogen and oxygen atoms in total. The molecule has 0 amide bonds. The van der Waals surface area contributed by atoms with Gasteiger partial charge in [-0.3, -0.25) is 4.98 Å². The summed E-state index contributed by atoms with van der Waals surface area (Å²) in [6, 6.07) is 7.67. The topological polar surface area (TPSA) is 115 Å². The smallest absolute Gasteiger partial charge is 0.338 e. The Labute approximate surface area is 169 Å². The zero-order valence-electron chi connectivity index (χ0n) is 14.9. The number of carbonyl (C=O) groups is 1. The number of pyridine rings is 1. The van der Waals surface area contributed by atoms with Gasteiger partial charge in [-0.1, -0.05) is 5.16 Å². The van der Waals surface area contributed by atoms with Crippen molar-refractivity contribution >= 4 is 31.9 Å². The van der Waals surface area contributed by atoms with Crippen molar-refractivity contribution < 1.29 is 22.5 Å². The lowest BCUT2D eigenvalue weighted by Gasteiger charge is -2.13. The van der Waals surface area contributed by atoms with Crippen LogP contribution in [0.25, 0.3) is 11.4 Å². The molecule has 0 radical (unpaired) electrons. The molecule has 11 heteroatoms. The Balaban J connectivity index is 1.73. The molecule has 3 rings (SSSR count). The van der Waals surface area contributed by atoms with E-state index in [1.54, 1.807) is 24.5 Å². The van der Waals surface area contributed by atoms with E-state index in [1.165, 1.54) is 32.3 Å².